The van der Waals surface area contributed by atoms with Gasteiger partial charge >= 0.3 is 12.1 Å². The highest BCUT2D eigenvalue weighted by molar-refractivity contribution is 5.81. The van der Waals surface area contributed by atoms with Crippen molar-refractivity contribution < 1.29 is 23.8 Å². The van der Waals surface area contributed by atoms with Crippen molar-refractivity contribution in [2.24, 2.45) is 5.92 Å². The van der Waals surface area contributed by atoms with Gasteiger partial charge in [-0.2, -0.15) is 0 Å². The van der Waals surface area contributed by atoms with Gasteiger partial charge in [0.05, 0.1) is 19.8 Å². The molecule has 1 atom stereocenters. The molecule has 0 unspecified atom stereocenters. The van der Waals surface area contributed by atoms with Gasteiger partial charge < -0.3 is 19.1 Å². The molecule has 0 aliphatic heterocycles. The summed E-state index contributed by atoms with van der Waals surface area (Å²) in [6.07, 6.45) is 3.75. The van der Waals surface area contributed by atoms with E-state index in [1.54, 1.807) is 13.1 Å². The van der Waals surface area contributed by atoms with Gasteiger partial charge in [-0.1, -0.05) is 26.5 Å². The van der Waals surface area contributed by atoms with Crippen LogP contribution in [-0.4, -0.2) is 49.4 Å². The first-order chi connectivity index (χ1) is 11.5. The molecule has 0 aliphatic carbocycles. The molecule has 0 fully saturated rings. The van der Waals surface area contributed by atoms with Crippen LogP contribution in [-0.2, 0) is 19.0 Å². The second-order valence-corrected chi connectivity index (χ2v) is 7.28. The average Bonchev–Trinajstić information content (AvgIpc) is 2.50. The van der Waals surface area contributed by atoms with Crippen LogP contribution >= 0.6 is 0 Å². The molecule has 0 saturated carbocycles. The highest BCUT2D eigenvalue weighted by Crippen LogP contribution is 2.19. The lowest BCUT2D eigenvalue weighted by molar-refractivity contribution is -0.134. The topological polar surface area (TPSA) is 65.1 Å². The van der Waals surface area contributed by atoms with Crippen molar-refractivity contribution in [3.05, 3.63) is 24.5 Å². The Labute approximate surface area is 151 Å². The molecule has 0 spiro atoms. The highest BCUT2D eigenvalue weighted by Gasteiger charge is 2.27. The number of rotatable bonds is 9. The lowest BCUT2D eigenvalue weighted by Crippen LogP contribution is -2.42. The summed E-state index contributed by atoms with van der Waals surface area (Å²) in [5, 5.41) is 0. The quantitative estimate of drug-likeness (QED) is 0.356. The summed E-state index contributed by atoms with van der Waals surface area (Å²) < 4.78 is 15.7. The number of nitrogens with zero attached hydrogens (tertiary/aromatic N) is 1. The molecule has 6 nitrogen and oxygen atoms in total. The molecular formula is C19H33NO5. The van der Waals surface area contributed by atoms with Crippen LogP contribution in [0.3, 0.4) is 0 Å². The van der Waals surface area contributed by atoms with Gasteiger partial charge in [-0.25, -0.2) is 9.59 Å². The molecule has 0 aromatic carbocycles. The van der Waals surface area contributed by atoms with Crippen molar-refractivity contribution in [1.82, 2.24) is 4.90 Å². The Morgan fingerprint density at radius 1 is 1.24 bits per heavy atom. The minimum absolute atomic E-state index is 0.350. The van der Waals surface area contributed by atoms with Crippen LogP contribution in [0.15, 0.2) is 24.5 Å². The van der Waals surface area contributed by atoms with E-state index in [2.05, 4.69) is 11.3 Å². The van der Waals surface area contributed by atoms with E-state index in [9.17, 15) is 9.59 Å². The Hall–Kier alpha value is -1.98. The summed E-state index contributed by atoms with van der Waals surface area (Å²) in [4.78, 5) is 25.0. The standard InChI is InChI=1S/C19H33NO5/c1-14(2)13-24-15(3)16(11-9-10-12-17(21)23-8)20(7)18(22)25-19(4,5)6/h10,12,14,16H,3,9,11,13H2,1-2,4-8H3/b12-10+/t16-/m0/s1. The molecule has 0 aliphatic rings. The van der Waals surface area contributed by atoms with E-state index in [0.29, 0.717) is 31.1 Å². The molecule has 0 radical (unpaired) electrons. The zero-order chi connectivity index (χ0) is 19.6. The molecule has 0 N–H and O–H groups in total. The third-order valence-corrected chi connectivity index (χ3v) is 3.18. The molecule has 0 bridgehead atoms. The summed E-state index contributed by atoms with van der Waals surface area (Å²) in [6, 6.07) is -0.351. The number of ether oxygens (including phenoxy) is 3. The number of hydrogen-bond acceptors (Lipinski definition) is 5. The molecule has 0 aromatic heterocycles. The van der Waals surface area contributed by atoms with Crippen LogP contribution in [0, 0.1) is 5.92 Å². The van der Waals surface area contributed by atoms with Crippen LogP contribution in [0.5, 0.6) is 0 Å². The maximum atomic E-state index is 12.3. The minimum Gasteiger partial charge on any atom is -0.496 e. The van der Waals surface area contributed by atoms with Gasteiger partial charge in [0.1, 0.15) is 11.4 Å². The van der Waals surface area contributed by atoms with Crippen molar-refractivity contribution in [3.8, 4) is 0 Å². The lowest BCUT2D eigenvalue weighted by Gasteiger charge is -2.31. The van der Waals surface area contributed by atoms with Crippen molar-refractivity contribution in [2.45, 2.75) is 59.1 Å². The summed E-state index contributed by atoms with van der Waals surface area (Å²) >= 11 is 0. The first kappa shape index (κ1) is 23.0. The second kappa shape index (κ2) is 10.8. The fourth-order valence-electron chi connectivity index (χ4n) is 1.90. The number of hydrogen-bond donors (Lipinski definition) is 0. The van der Waals surface area contributed by atoms with Crippen LogP contribution in [0.2, 0.25) is 0 Å². The maximum absolute atomic E-state index is 12.3. The monoisotopic (exact) mass is 355 g/mol. The van der Waals surface area contributed by atoms with Gasteiger partial charge in [0.25, 0.3) is 0 Å². The smallest absolute Gasteiger partial charge is 0.410 e. The second-order valence-electron chi connectivity index (χ2n) is 7.28. The Morgan fingerprint density at radius 2 is 1.84 bits per heavy atom. The van der Waals surface area contributed by atoms with Crippen molar-refractivity contribution in [1.29, 1.82) is 0 Å². The Bertz CT molecular complexity index is 477. The summed E-state index contributed by atoms with van der Waals surface area (Å²) in [5.41, 5.74) is -0.583. The Kier molecular flexibility index (Phi) is 9.94. The Balaban J connectivity index is 4.98. The van der Waals surface area contributed by atoms with Gasteiger partial charge in [0.2, 0.25) is 0 Å². The molecule has 0 rings (SSSR count). The lowest BCUT2D eigenvalue weighted by atomic mass is 10.1. The SMILES string of the molecule is C=C(OCC(C)C)[C@H](CC/C=C/C(=O)OC)N(C)C(=O)OC(C)(C)C. The molecule has 0 saturated heterocycles. The van der Waals surface area contributed by atoms with Crippen molar-refractivity contribution >= 4 is 12.1 Å². The van der Waals surface area contributed by atoms with E-state index < -0.39 is 17.7 Å². The number of amides is 1. The average molecular weight is 355 g/mol. The van der Waals surface area contributed by atoms with E-state index in [1.165, 1.54) is 18.1 Å². The summed E-state index contributed by atoms with van der Waals surface area (Å²) in [5.74, 6) is 0.448. The molecular weight excluding hydrogens is 322 g/mol. The van der Waals surface area contributed by atoms with Crippen LogP contribution in [0.25, 0.3) is 0 Å². The molecule has 0 heterocycles. The van der Waals surface area contributed by atoms with E-state index in [1.807, 2.05) is 34.6 Å². The zero-order valence-corrected chi connectivity index (χ0v) is 16.6. The maximum Gasteiger partial charge on any atom is 0.410 e. The zero-order valence-electron chi connectivity index (χ0n) is 16.6. The molecule has 144 valence electrons. The van der Waals surface area contributed by atoms with Crippen LogP contribution < -0.4 is 0 Å². The molecule has 0 aromatic rings. The largest absolute Gasteiger partial charge is 0.496 e. The van der Waals surface area contributed by atoms with Gasteiger partial charge in [0.15, 0.2) is 0 Å². The Morgan fingerprint density at radius 3 is 2.32 bits per heavy atom. The van der Waals surface area contributed by atoms with Gasteiger partial charge in [-0.15, -0.1) is 0 Å². The van der Waals surface area contributed by atoms with E-state index in [-0.39, 0.29) is 6.04 Å². The first-order valence-electron chi connectivity index (χ1n) is 8.49. The summed E-state index contributed by atoms with van der Waals surface area (Å²) in [7, 11) is 2.99. The molecule has 1 amide bonds. The third-order valence-electron chi connectivity index (χ3n) is 3.18. The fraction of sp³-hybridized carbons (Fsp3) is 0.684. The van der Waals surface area contributed by atoms with Crippen LogP contribution in [0.1, 0.15) is 47.5 Å². The minimum atomic E-state index is -0.583. The predicted octanol–water partition coefficient (Wildman–Crippen LogP) is 3.92. The van der Waals surface area contributed by atoms with E-state index >= 15 is 0 Å². The highest BCUT2D eigenvalue weighted by atomic mass is 16.6. The first-order valence-corrected chi connectivity index (χ1v) is 8.49. The normalized spacial score (nSPS) is 12.8. The molecule has 25 heavy (non-hydrogen) atoms. The molecule has 6 heteroatoms. The number of carbonyl (C=O) groups is 2. The third kappa shape index (κ3) is 10.5. The fourth-order valence-corrected chi connectivity index (χ4v) is 1.90. The van der Waals surface area contributed by atoms with Gasteiger partial charge in [-0.05, 0) is 39.5 Å². The number of carbonyl (C=O) groups excluding carboxylic acids is 2. The number of esters is 1. The predicted molar refractivity (Wildman–Crippen MR) is 98.1 cm³/mol. The number of likely N-dealkylation sites (N-methyl/N-ethyl adjacent to an activating group) is 1. The van der Waals surface area contributed by atoms with Crippen molar-refractivity contribution in [3.63, 3.8) is 0 Å². The van der Waals surface area contributed by atoms with Crippen LogP contribution in [0.4, 0.5) is 4.79 Å². The van der Waals surface area contributed by atoms with E-state index in [4.69, 9.17) is 9.47 Å². The van der Waals surface area contributed by atoms with Crippen molar-refractivity contribution in [2.75, 3.05) is 20.8 Å². The van der Waals surface area contributed by atoms with E-state index in [0.717, 1.165) is 0 Å². The number of allylic oxidation sites excluding steroid dienone is 1. The number of methoxy groups -OCH3 is 1. The summed E-state index contributed by atoms with van der Waals surface area (Å²) in [6.45, 7) is 14.0. The van der Waals surface area contributed by atoms with Gasteiger partial charge in [-0.3, -0.25) is 0 Å². The van der Waals surface area contributed by atoms with Gasteiger partial charge in [0, 0.05) is 13.1 Å².